The van der Waals surface area contributed by atoms with E-state index in [4.69, 9.17) is 11.6 Å². The normalized spacial score (nSPS) is 15.0. The Morgan fingerprint density at radius 1 is 1.42 bits per heavy atom. The van der Waals surface area contributed by atoms with Crippen molar-refractivity contribution in [3.8, 4) is 0 Å². The molecule has 1 aliphatic rings. The Bertz CT molecular complexity index is 731. The van der Waals surface area contributed by atoms with Gasteiger partial charge in [-0.05, 0) is 45.2 Å². The van der Waals surface area contributed by atoms with E-state index in [-0.39, 0.29) is 11.9 Å². The van der Waals surface area contributed by atoms with E-state index >= 15 is 0 Å². The minimum atomic E-state index is 0.156. The molecule has 0 saturated carbocycles. The summed E-state index contributed by atoms with van der Waals surface area (Å²) in [5, 5.41) is 4.56. The molecule has 2 aromatic heterocycles. The first kappa shape index (κ1) is 17.6. The fourth-order valence-electron chi connectivity index (χ4n) is 3.15. The van der Waals surface area contributed by atoms with Crippen molar-refractivity contribution in [1.29, 1.82) is 0 Å². The molecule has 5 nitrogen and oxygen atoms in total. The van der Waals surface area contributed by atoms with Gasteiger partial charge in [0.2, 0.25) is 5.91 Å². The Labute approximate surface area is 151 Å². The molecule has 0 spiro atoms. The van der Waals surface area contributed by atoms with E-state index in [1.165, 1.54) is 16.8 Å². The van der Waals surface area contributed by atoms with Crippen LogP contribution in [0.4, 0.5) is 0 Å². The maximum atomic E-state index is 11.7. The first-order valence-corrected chi connectivity index (χ1v) is 9.66. The highest BCUT2D eigenvalue weighted by Gasteiger charge is 2.23. The van der Waals surface area contributed by atoms with E-state index in [0.717, 1.165) is 49.1 Å². The average molecular weight is 367 g/mol. The number of thiophene rings is 1. The van der Waals surface area contributed by atoms with Gasteiger partial charge in [-0.1, -0.05) is 11.6 Å². The molecule has 0 aliphatic carbocycles. The standard InChI is InChI=1S/C17H23ClN4OS/c1-11(2)21-14(23)5-3-4-7-22-8-6-12-13(9-22)24-17-15(12)16(18)19-10-20-17/h10-11H,3-9H2,1-2H3,(H,21,23). The van der Waals surface area contributed by atoms with Gasteiger partial charge >= 0.3 is 0 Å². The van der Waals surface area contributed by atoms with Crippen molar-refractivity contribution in [2.75, 3.05) is 13.1 Å². The number of nitrogens with zero attached hydrogens (tertiary/aromatic N) is 3. The number of unbranched alkanes of at least 4 members (excludes halogenated alkanes) is 1. The number of carbonyl (C=O) groups excluding carboxylic acids is 1. The van der Waals surface area contributed by atoms with E-state index in [1.807, 2.05) is 13.8 Å². The Morgan fingerprint density at radius 3 is 3.04 bits per heavy atom. The van der Waals surface area contributed by atoms with Crippen LogP contribution >= 0.6 is 22.9 Å². The van der Waals surface area contributed by atoms with Crippen LogP contribution in [0, 0.1) is 0 Å². The van der Waals surface area contributed by atoms with Crippen molar-refractivity contribution >= 4 is 39.1 Å². The van der Waals surface area contributed by atoms with Crippen molar-refractivity contribution in [1.82, 2.24) is 20.2 Å². The number of carbonyl (C=O) groups is 1. The van der Waals surface area contributed by atoms with Gasteiger partial charge in [-0.2, -0.15) is 0 Å². The number of hydrogen-bond acceptors (Lipinski definition) is 5. The number of fused-ring (bicyclic) bond motifs is 3. The Kier molecular flexibility index (Phi) is 5.69. The molecule has 3 rings (SSSR count). The summed E-state index contributed by atoms with van der Waals surface area (Å²) in [6.07, 6.45) is 5.13. The SMILES string of the molecule is CC(C)NC(=O)CCCCN1CCc2c(sc3ncnc(Cl)c23)C1. The van der Waals surface area contributed by atoms with Crippen molar-refractivity contribution < 1.29 is 4.79 Å². The van der Waals surface area contributed by atoms with Gasteiger partial charge in [-0.25, -0.2) is 9.97 Å². The molecule has 1 N–H and O–H groups in total. The predicted octanol–water partition coefficient (Wildman–Crippen LogP) is 3.40. The summed E-state index contributed by atoms with van der Waals surface area (Å²) >= 11 is 7.97. The lowest BCUT2D eigenvalue weighted by atomic mass is 10.1. The van der Waals surface area contributed by atoms with E-state index in [1.54, 1.807) is 11.3 Å². The third-order valence-corrected chi connectivity index (χ3v) is 5.66. The summed E-state index contributed by atoms with van der Waals surface area (Å²) in [6.45, 7) is 6.99. The summed E-state index contributed by atoms with van der Waals surface area (Å²) in [5.74, 6) is 0.156. The second kappa shape index (κ2) is 7.76. The van der Waals surface area contributed by atoms with Gasteiger partial charge in [-0.3, -0.25) is 9.69 Å². The highest BCUT2D eigenvalue weighted by atomic mass is 35.5. The Balaban J connectivity index is 1.52. The summed E-state index contributed by atoms with van der Waals surface area (Å²) < 4.78 is 0. The molecule has 0 atom stereocenters. The fourth-order valence-corrected chi connectivity index (χ4v) is 4.68. The number of halogens is 1. The smallest absolute Gasteiger partial charge is 0.220 e. The highest BCUT2D eigenvalue weighted by molar-refractivity contribution is 7.19. The molecule has 0 unspecified atom stereocenters. The molecule has 0 saturated heterocycles. The zero-order valence-corrected chi connectivity index (χ0v) is 15.7. The van der Waals surface area contributed by atoms with Gasteiger partial charge in [0.1, 0.15) is 16.3 Å². The van der Waals surface area contributed by atoms with E-state index in [9.17, 15) is 4.79 Å². The molecule has 1 amide bonds. The summed E-state index contributed by atoms with van der Waals surface area (Å²) in [5.41, 5.74) is 1.33. The van der Waals surface area contributed by atoms with Crippen LogP contribution in [0.2, 0.25) is 5.15 Å². The molecule has 0 radical (unpaired) electrons. The quantitative estimate of drug-likeness (QED) is 0.628. The van der Waals surface area contributed by atoms with Crippen molar-refractivity contribution in [2.45, 2.75) is 52.1 Å². The molecule has 0 fully saturated rings. The second-order valence-corrected chi connectivity index (χ2v) is 8.00. The number of aromatic nitrogens is 2. The Hall–Kier alpha value is -1.24. The minimum absolute atomic E-state index is 0.156. The van der Waals surface area contributed by atoms with Crippen LogP contribution in [-0.2, 0) is 17.8 Å². The lowest BCUT2D eigenvalue weighted by molar-refractivity contribution is -0.121. The van der Waals surface area contributed by atoms with Crippen LogP contribution in [0.15, 0.2) is 6.33 Å². The third kappa shape index (κ3) is 4.05. The van der Waals surface area contributed by atoms with Crippen LogP contribution < -0.4 is 5.32 Å². The lowest BCUT2D eigenvalue weighted by Crippen LogP contribution is -2.31. The highest BCUT2D eigenvalue weighted by Crippen LogP contribution is 2.36. The summed E-state index contributed by atoms with van der Waals surface area (Å²) in [4.78, 5) is 24.9. The summed E-state index contributed by atoms with van der Waals surface area (Å²) in [6, 6.07) is 0.223. The van der Waals surface area contributed by atoms with Gasteiger partial charge in [0, 0.05) is 30.4 Å². The monoisotopic (exact) mass is 366 g/mol. The van der Waals surface area contributed by atoms with Gasteiger partial charge in [0.15, 0.2) is 0 Å². The third-order valence-electron chi connectivity index (χ3n) is 4.25. The zero-order chi connectivity index (χ0) is 17.1. The fraction of sp³-hybridized carbons (Fsp3) is 0.588. The van der Waals surface area contributed by atoms with E-state index < -0.39 is 0 Å². The van der Waals surface area contributed by atoms with Crippen molar-refractivity contribution in [3.05, 3.63) is 21.9 Å². The predicted molar refractivity (Wildman–Crippen MR) is 98.5 cm³/mol. The molecule has 0 bridgehead atoms. The first-order valence-electron chi connectivity index (χ1n) is 8.47. The van der Waals surface area contributed by atoms with Crippen LogP contribution in [0.25, 0.3) is 10.2 Å². The molecule has 3 heterocycles. The van der Waals surface area contributed by atoms with Crippen LogP contribution in [-0.4, -0.2) is 39.9 Å². The number of hydrogen-bond donors (Lipinski definition) is 1. The minimum Gasteiger partial charge on any atom is -0.354 e. The number of nitrogens with one attached hydrogen (secondary N) is 1. The van der Waals surface area contributed by atoms with E-state index in [2.05, 4.69) is 20.2 Å². The lowest BCUT2D eigenvalue weighted by Gasteiger charge is -2.26. The first-order chi connectivity index (χ1) is 11.5. The molecule has 0 aromatic carbocycles. The van der Waals surface area contributed by atoms with Crippen molar-refractivity contribution in [2.24, 2.45) is 0 Å². The molecular weight excluding hydrogens is 344 g/mol. The average Bonchev–Trinajstić information content (AvgIpc) is 2.89. The van der Waals surface area contributed by atoms with Gasteiger partial charge in [-0.15, -0.1) is 11.3 Å². The molecule has 1 aliphatic heterocycles. The second-order valence-electron chi connectivity index (χ2n) is 6.55. The molecule has 24 heavy (non-hydrogen) atoms. The van der Waals surface area contributed by atoms with Crippen LogP contribution in [0.5, 0.6) is 0 Å². The maximum absolute atomic E-state index is 11.7. The number of amides is 1. The molecule has 2 aromatic rings. The van der Waals surface area contributed by atoms with Crippen LogP contribution in [0.3, 0.4) is 0 Å². The maximum Gasteiger partial charge on any atom is 0.220 e. The van der Waals surface area contributed by atoms with Crippen LogP contribution in [0.1, 0.15) is 43.6 Å². The van der Waals surface area contributed by atoms with Gasteiger partial charge < -0.3 is 5.32 Å². The van der Waals surface area contributed by atoms with Gasteiger partial charge in [0.25, 0.3) is 0 Å². The number of rotatable bonds is 6. The van der Waals surface area contributed by atoms with Crippen molar-refractivity contribution in [3.63, 3.8) is 0 Å². The molecule has 130 valence electrons. The largest absolute Gasteiger partial charge is 0.354 e. The topological polar surface area (TPSA) is 58.1 Å². The molecule has 7 heteroatoms. The molecular formula is C17H23ClN4OS. The van der Waals surface area contributed by atoms with Gasteiger partial charge in [0.05, 0.1) is 5.39 Å². The zero-order valence-electron chi connectivity index (χ0n) is 14.1. The Morgan fingerprint density at radius 2 is 2.25 bits per heavy atom. The summed E-state index contributed by atoms with van der Waals surface area (Å²) in [7, 11) is 0. The van der Waals surface area contributed by atoms with E-state index in [0.29, 0.717) is 11.6 Å².